The van der Waals surface area contributed by atoms with E-state index >= 15 is 0 Å². The average Bonchev–Trinajstić information content (AvgIpc) is 1.98. The van der Waals surface area contributed by atoms with Crippen LogP contribution in [-0.2, 0) is 4.79 Å². The number of carbonyl (C=O) groups excluding carboxylic acids is 1. The van der Waals surface area contributed by atoms with Gasteiger partial charge in [0.05, 0.1) is 0 Å². The van der Waals surface area contributed by atoms with Crippen molar-refractivity contribution in [1.82, 2.24) is 4.90 Å². The summed E-state index contributed by atoms with van der Waals surface area (Å²) in [5, 5.41) is 0. The van der Waals surface area contributed by atoms with Gasteiger partial charge in [0.15, 0.2) is 0 Å². The smallest absolute Gasteiger partial charge is 0.246 e. The minimum absolute atomic E-state index is 0.0641. The molecule has 0 spiro atoms. The standard InChI is InChI=1S/C11H19NO/c1-5-6-7-10(13)12-9(2)8-11(12,3)4/h6-7,9H,5,8H2,1-4H3/b7-6+. The zero-order valence-electron chi connectivity index (χ0n) is 9.00. The molecule has 13 heavy (non-hydrogen) atoms. The Morgan fingerprint density at radius 3 is 2.62 bits per heavy atom. The lowest BCUT2D eigenvalue weighted by molar-refractivity contribution is -0.146. The molecule has 1 fully saturated rings. The van der Waals surface area contributed by atoms with Gasteiger partial charge in [-0.3, -0.25) is 4.79 Å². The molecule has 0 aromatic rings. The lowest BCUT2D eigenvalue weighted by Crippen LogP contribution is -2.63. The third kappa shape index (κ3) is 1.93. The third-order valence-electron chi connectivity index (χ3n) is 2.62. The minimum Gasteiger partial charge on any atom is -0.331 e. The van der Waals surface area contributed by atoms with E-state index in [2.05, 4.69) is 20.8 Å². The normalized spacial score (nSPS) is 26.2. The van der Waals surface area contributed by atoms with Crippen molar-refractivity contribution in [3.05, 3.63) is 12.2 Å². The zero-order chi connectivity index (χ0) is 10.1. The van der Waals surface area contributed by atoms with Gasteiger partial charge in [-0.1, -0.05) is 13.0 Å². The highest BCUT2D eigenvalue weighted by Gasteiger charge is 2.44. The molecule has 0 saturated carbocycles. The van der Waals surface area contributed by atoms with Crippen LogP contribution in [0.2, 0.25) is 0 Å². The van der Waals surface area contributed by atoms with Gasteiger partial charge >= 0.3 is 0 Å². The Hall–Kier alpha value is -0.790. The lowest BCUT2D eigenvalue weighted by Gasteiger charge is -2.53. The van der Waals surface area contributed by atoms with Gasteiger partial charge in [-0.2, -0.15) is 0 Å². The fourth-order valence-corrected chi connectivity index (χ4v) is 2.21. The summed E-state index contributed by atoms with van der Waals surface area (Å²) in [5.74, 6) is 0.158. The zero-order valence-corrected chi connectivity index (χ0v) is 9.00. The van der Waals surface area contributed by atoms with Crippen molar-refractivity contribution in [2.75, 3.05) is 0 Å². The maximum absolute atomic E-state index is 11.6. The Morgan fingerprint density at radius 2 is 2.23 bits per heavy atom. The van der Waals surface area contributed by atoms with E-state index in [4.69, 9.17) is 0 Å². The summed E-state index contributed by atoms with van der Waals surface area (Å²) in [4.78, 5) is 13.6. The molecule has 1 atom stereocenters. The summed E-state index contributed by atoms with van der Waals surface area (Å²) in [5.41, 5.74) is 0.0641. The molecule has 1 heterocycles. The van der Waals surface area contributed by atoms with E-state index in [1.165, 1.54) is 0 Å². The first-order valence-corrected chi connectivity index (χ1v) is 4.99. The highest BCUT2D eigenvalue weighted by molar-refractivity contribution is 5.89. The first-order valence-electron chi connectivity index (χ1n) is 4.99. The van der Waals surface area contributed by atoms with Crippen LogP contribution in [0.25, 0.3) is 0 Å². The topological polar surface area (TPSA) is 20.3 Å². The minimum atomic E-state index is 0.0641. The number of hydrogen-bond acceptors (Lipinski definition) is 1. The molecule has 1 aliphatic rings. The Morgan fingerprint density at radius 1 is 1.62 bits per heavy atom. The first-order chi connectivity index (χ1) is 5.99. The van der Waals surface area contributed by atoms with Gasteiger partial charge in [0.25, 0.3) is 0 Å². The molecule has 0 aromatic carbocycles. The average molecular weight is 181 g/mol. The number of carbonyl (C=O) groups is 1. The van der Waals surface area contributed by atoms with Crippen LogP contribution in [0.5, 0.6) is 0 Å². The molecular weight excluding hydrogens is 162 g/mol. The molecule has 0 bridgehead atoms. The summed E-state index contributed by atoms with van der Waals surface area (Å²) in [6, 6.07) is 0.406. The lowest BCUT2D eigenvalue weighted by atomic mass is 9.82. The van der Waals surface area contributed by atoms with Crippen LogP contribution in [0.15, 0.2) is 12.2 Å². The third-order valence-corrected chi connectivity index (χ3v) is 2.62. The molecule has 74 valence electrons. The number of allylic oxidation sites excluding steroid dienone is 1. The molecule has 0 N–H and O–H groups in total. The van der Waals surface area contributed by atoms with E-state index in [1.54, 1.807) is 6.08 Å². The molecule has 0 aliphatic carbocycles. The summed E-state index contributed by atoms with van der Waals surface area (Å²) in [7, 11) is 0. The number of nitrogens with zero attached hydrogens (tertiary/aromatic N) is 1. The van der Waals surface area contributed by atoms with E-state index in [-0.39, 0.29) is 11.4 Å². The monoisotopic (exact) mass is 181 g/mol. The summed E-state index contributed by atoms with van der Waals surface area (Å²) in [6.45, 7) is 8.37. The van der Waals surface area contributed by atoms with Gasteiger partial charge in [-0.15, -0.1) is 0 Å². The molecule has 1 unspecified atom stereocenters. The first kappa shape index (κ1) is 10.3. The predicted octanol–water partition coefficient (Wildman–Crippen LogP) is 2.35. The van der Waals surface area contributed by atoms with E-state index in [9.17, 15) is 4.79 Å². The van der Waals surface area contributed by atoms with Crippen LogP contribution < -0.4 is 0 Å². The highest BCUT2D eigenvalue weighted by Crippen LogP contribution is 2.35. The second-order valence-corrected chi connectivity index (χ2v) is 4.38. The SMILES string of the molecule is CC/C=C/C(=O)N1C(C)CC1(C)C. The number of likely N-dealkylation sites (tertiary alicyclic amines) is 1. The Balaban J connectivity index is 2.61. The molecule has 0 radical (unpaired) electrons. The Bertz CT molecular complexity index is 230. The summed E-state index contributed by atoms with van der Waals surface area (Å²) in [6.07, 6.45) is 5.65. The Kier molecular flexibility index (Phi) is 2.79. The van der Waals surface area contributed by atoms with Crippen molar-refractivity contribution < 1.29 is 4.79 Å². The van der Waals surface area contributed by atoms with Crippen LogP contribution in [0.1, 0.15) is 40.5 Å². The van der Waals surface area contributed by atoms with Crippen molar-refractivity contribution in [2.24, 2.45) is 0 Å². The molecule has 1 aliphatic heterocycles. The van der Waals surface area contributed by atoms with Crippen LogP contribution >= 0.6 is 0 Å². The summed E-state index contributed by atoms with van der Waals surface area (Å²) >= 11 is 0. The molecule has 0 aromatic heterocycles. The van der Waals surface area contributed by atoms with E-state index < -0.39 is 0 Å². The van der Waals surface area contributed by atoms with Crippen LogP contribution in [0.3, 0.4) is 0 Å². The Labute approximate surface area is 80.6 Å². The summed E-state index contributed by atoms with van der Waals surface area (Å²) < 4.78 is 0. The van der Waals surface area contributed by atoms with E-state index in [0.29, 0.717) is 6.04 Å². The van der Waals surface area contributed by atoms with Crippen molar-refractivity contribution in [3.8, 4) is 0 Å². The van der Waals surface area contributed by atoms with Crippen LogP contribution in [-0.4, -0.2) is 22.4 Å². The fourth-order valence-electron chi connectivity index (χ4n) is 2.21. The maximum Gasteiger partial charge on any atom is 0.246 e. The maximum atomic E-state index is 11.6. The van der Waals surface area contributed by atoms with Gasteiger partial charge in [0, 0.05) is 11.6 Å². The number of amides is 1. The second-order valence-electron chi connectivity index (χ2n) is 4.38. The van der Waals surface area contributed by atoms with Crippen molar-refractivity contribution in [3.63, 3.8) is 0 Å². The van der Waals surface area contributed by atoms with Gasteiger partial charge < -0.3 is 4.90 Å². The highest BCUT2D eigenvalue weighted by atomic mass is 16.2. The van der Waals surface area contributed by atoms with Gasteiger partial charge in [-0.05, 0) is 39.7 Å². The predicted molar refractivity (Wildman–Crippen MR) is 54.4 cm³/mol. The van der Waals surface area contributed by atoms with E-state index in [0.717, 1.165) is 12.8 Å². The molecule has 1 saturated heterocycles. The molecule has 2 heteroatoms. The fraction of sp³-hybridized carbons (Fsp3) is 0.727. The van der Waals surface area contributed by atoms with Gasteiger partial charge in [0.2, 0.25) is 5.91 Å². The molecular formula is C11H19NO. The van der Waals surface area contributed by atoms with Crippen molar-refractivity contribution >= 4 is 5.91 Å². The largest absolute Gasteiger partial charge is 0.331 e. The molecule has 2 nitrogen and oxygen atoms in total. The second kappa shape index (κ2) is 3.52. The number of hydrogen-bond donors (Lipinski definition) is 0. The van der Waals surface area contributed by atoms with Crippen molar-refractivity contribution in [2.45, 2.75) is 52.1 Å². The van der Waals surface area contributed by atoms with Crippen LogP contribution in [0, 0.1) is 0 Å². The molecule has 1 amide bonds. The van der Waals surface area contributed by atoms with Crippen LogP contribution in [0.4, 0.5) is 0 Å². The van der Waals surface area contributed by atoms with Gasteiger partial charge in [-0.25, -0.2) is 0 Å². The van der Waals surface area contributed by atoms with Gasteiger partial charge in [0.1, 0.15) is 0 Å². The number of rotatable bonds is 2. The quantitative estimate of drug-likeness (QED) is 0.599. The van der Waals surface area contributed by atoms with Crippen molar-refractivity contribution in [1.29, 1.82) is 0 Å². The molecule has 1 rings (SSSR count). The van der Waals surface area contributed by atoms with E-state index in [1.807, 2.05) is 17.9 Å².